The van der Waals surface area contributed by atoms with E-state index in [1.807, 2.05) is 14.0 Å². The third kappa shape index (κ3) is 2.23. The van der Waals surface area contributed by atoms with Gasteiger partial charge in [-0.15, -0.1) is 12.3 Å². The fourth-order valence-corrected chi connectivity index (χ4v) is 1.35. The minimum absolute atomic E-state index is 0.0906. The van der Waals surface area contributed by atoms with Crippen LogP contribution in [0.4, 0.5) is 0 Å². The maximum atomic E-state index is 11.6. The molecule has 0 aliphatic rings. The van der Waals surface area contributed by atoms with Crippen LogP contribution in [0, 0.1) is 12.3 Å². The number of ketones is 1. The van der Waals surface area contributed by atoms with E-state index < -0.39 is 0 Å². The van der Waals surface area contributed by atoms with E-state index in [0.29, 0.717) is 18.4 Å². The normalized spacial score (nSPS) is 9.79. The maximum Gasteiger partial charge on any atom is 0.167 e. The Kier molecular flexibility index (Phi) is 3.47. The van der Waals surface area contributed by atoms with Crippen molar-refractivity contribution in [2.24, 2.45) is 7.05 Å². The Hall–Kier alpha value is -1.56. The second-order valence-corrected chi connectivity index (χ2v) is 3.14. The van der Waals surface area contributed by atoms with E-state index in [2.05, 4.69) is 11.0 Å². The summed E-state index contributed by atoms with van der Waals surface area (Å²) in [7, 11) is 1.82. The smallest absolute Gasteiger partial charge is 0.167 e. The van der Waals surface area contributed by atoms with Gasteiger partial charge in [0, 0.05) is 26.1 Å². The van der Waals surface area contributed by atoms with E-state index in [1.54, 1.807) is 10.9 Å². The SMILES string of the molecule is C#CCCC(=O)c1cn(C)nc1CC. The van der Waals surface area contributed by atoms with Gasteiger partial charge in [0.2, 0.25) is 0 Å². The number of aromatic nitrogens is 2. The summed E-state index contributed by atoms with van der Waals surface area (Å²) < 4.78 is 1.67. The number of carbonyl (C=O) groups excluding carboxylic acids is 1. The Morgan fingerprint density at radius 2 is 2.43 bits per heavy atom. The van der Waals surface area contributed by atoms with Crippen molar-refractivity contribution in [2.45, 2.75) is 26.2 Å². The predicted octanol–water partition coefficient (Wildman–Crippen LogP) is 1.58. The highest BCUT2D eigenvalue weighted by atomic mass is 16.1. The van der Waals surface area contributed by atoms with Crippen molar-refractivity contribution in [2.75, 3.05) is 0 Å². The van der Waals surface area contributed by atoms with Crippen LogP contribution in [-0.4, -0.2) is 15.6 Å². The van der Waals surface area contributed by atoms with E-state index in [9.17, 15) is 4.79 Å². The first-order valence-electron chi connectivity index (χ1n) is 4.68. The quantitative estimate of drug-likeness (QED) is 0.533. The van der Waals surface area contributed by atoms with Gasteiger partial charge < -0.3 is 0 Å². The highest BCUT2D eigenvalue weighted by Gasteiger charge is 2.12. The Labute approximate surface area is 84.1 Å². The monoisotopic (exact) mass is 190 g/mol. The molecule has 0 bridgehead atoms. The molecule has 0 atom stereocenters. The third-order valence-corrected chi connectivity index (χ3v) is 2.04. The number of hydrogen-bond acceptors (Lipinski definition) is 2. The van der Waals surface area contributed by atoms with Crippen molar-refractivity contribution in [3.63, 3.8) is 0 Å². The van der Waals surface area contributed by atoms with Gasteiger partial charge in [-0.2, -0.15) is 5.10 Å². The summed E-state index contributed by atoms with van der Waals surface area (Å²) in [5.41, 5.74) is 1.57. The summed E-state index contributed by atoms with van der Waals surface area (Å²) in [4.78, 5) is 11.6. The number of nitrogens with zero attached hydrogens (tertiary/aromatic N) is 2. The molecule has 1 heterocycles. The first-order chi connectivity index (χ1) is 6.69. The van der Waals surface area contributed by atoms with E-state index in [0.717, 1.165) is 12.1 Å². The molecule has 0 amide bonds. The summed E-state index contributed by atoms with van der Waals surface area (Å²) in [6.07, 6.45) is 8.55. The predicted molar refractivity (Wildman–Crippen MR) is 55.0 cm³/mol. The molecule has 74 valence electrons. The molecule has 1 rings (SSSR count). The molecule has 0 aliphatic carbocycles. The Balaban J connectivity index is 2.84. The number of aryl methyl sites for hydroxylation is 2. The van der Waals surface area contributed by atoms with Gasteiger partial charge in [-0.1, -0.05) is 6.92 Å². The largest absolute Gasteiger partial charge is 0.294 e. The summed E-state index contributed by atoms with van der Waals surface area (Å²) in [5, 5.41) is 4.20. The van der Waals surface area contributed by atoms with E-state index in [1.165, 1.54) is 0 Å². The minimum Gasteiger partial charge on any atom is -0.294 e. The average molecular weight is 190 g/mol. The molecule has 0 fully saturated rings. The molecule has 0 spiro atoms. The van der Waals surface area contributed by atoms with Gasteiger partial charge in [0.05, 0.1) is 11.3 Å². The van der Waals surface area contributed by atoms with Crippen molar-refractivity contribution in [3.05, 3.63) is 17.5 Å². The van der Waals surface area contributed by atoms with Gasteiger partial charge in [0.1, 0.15) is 0 Å². The van der Waals surface area contributed by atoms with Crippen LogP contribution in [-0.2, 0) is 13.5 Å². The average Bonchev–Trinajstić information content (AvgIpc) is 2.56. The van der Waals surface area contributed by atoms with Gasteiger partial charge in [0.15, 0.2) is 5.78 Å². The molecule has 3 heteroatoms. The Morgan fingerprint density at radius 1 is 1.71 bits per heavy atom. The fraction of sp³-hybridized carbons (Fsp3) is 0.455. The molecule has 3 nitrogen and oxygen atoms in total. The first-order valence-corrected chi connectivity index (χ1v) is 4.68. The lowest BCUT2D eigenvalue weighted by molar-refractivity contribution is 0.0983. The number of Topliss-reactive ketones (excluding diaryl/α,β-unsaturated/α-hetero) is 1. The van der Waals surface area contributed by atoms with Gasteiger partial charge >= 0.3 is 0 Å². The fourth-order valence-electron chi connectivity index (χ4n) is 1.35. The first kappa shape index (κ1) is 10.5. The lowest BCUT2D eigenvalue weighted by Crippen LogP contribution is -2.00. The zero-order chi connectivity index (χ0) is 10.6. The van der Waals surface area contributed by atoms with Gasteiger partial charge in [0.25, 0.3) is 0 Å². The zero-order valence-corrected chi connectivity index (χ0v) is 8.58. The number of hydrogen-bond donors (Lipinski definition) is 0. The maximum absolute atomic E-state index is 11.6. The van der Waals surface area contributed by atoms with Crippen LogP contribution >= 0.6 is 0 Å². The molecule has 0 aliphatic heterocycles. The van der Waals surface area contributed by atoms with E-state index >= 15 is 0 Å². The second-order valence-electron chi connectivity index (χ2n) is 3.14. The van der Waals surface area contributed by atoms with Crippen molar-refractivity contribution >= 4 is 5.78 Å². The Bertz CT molecular complexity index is 371. The lowest BCUT2D eigenvalue weighted by Gasteiger charge is -1.96. The molecule has 0 aromatic carbocycles. The highest BCUT2D eigenvalue weighted by molar-refractivity contribution is 5.97. The molecule has 0 unspecified atom stereocenters. The van der Waals surface area contributed by atoms with Crippen molar-refractivity contribution in [3.8, 4) is 12.3 Å². The van der Waals surface area contributed by atoms with Crippen LogP contribution in [0.3, 0.4) is 0 Å². The Morgan fingerprint density at radius 3 is 3.00 bits per heavy atom. The van der Waals surface area contributed by atoms with Crippen LogP contribution in [0.2, 0.25) is 0 Å². The topological polar surface area (TPSA) is 34.9 Å². The zero-order valence-electron chi connectivity index (χ0n) is 8.58. The third-order valence-electron chi connectivity index (χ3n) is 2.04. The number of carbonyl (C=O) groups is 1. The standard InChI is InChI=1S/C11H14N2O/c1-4-6-7-11(14)9-8-13(3)12-10(9)5-2/h1,8H,5-7H2,2-3H3. The second kappa shape index (κ2) is 4.61. The van der Waals surface area contributed by atoms with E-state index in [-0.39, 0.29) is 5.78 Å². The van der Waals surface area contributed by atoms with Crippen LogP contribution in [0.25, 0.3) is 0 Å². The van der Waals surface area contributed by atoms with Gasteiger partial charge in [-0.3, -0.25) is 9.48 Å². The van der Waals surface area contributed by atoms with Gasteiger partial charge in [-0.05, 0) is 6.42 Å². The number of rotatable bonds is 4. The summed E-state index contributed by atoms with van der Waals surface area (Å²) >= 11 is 0. The highest BCUT2D eigenvalue weighted by Crippen LogP contribution is 2.10. The van der Waals surface area contributed by atoms with Crippen LogP contribution in [0.5, 0.6) is 0 Å². The molecule has 0 N–H and O–H groups in total. The van der Waals surface area contributed by atoms with Crippen LogP contribution in [0.1, 0.15) is 35.8 Å². The summed E-state index contributed by atoms with van der Waals surface area (Å²) in [6, 6.07) is 0. The number of terminal acetylenes is 1. The van der Waals surface area contributed by atoms with Crippen molar-refractivity contribution in [1.29, 1.82) is 0 Å². The molecule has 14 heavy (non-hydrogen) atoms. The van der Waals surface area contributed by atoms with Gasteiger partial charge in [-0.25, -0.2) is 0 Å². The molecule has 1 aromatic rings. The summed E-state index contributed by atoms with van der Waals surface area (Å²) in [6.45, 7) is 1.99. The molecule has 0 saturated heterocycles. The molecular formula is C11H14N2O. The molecule has 1 aromatic heterocycles. The van der Waals surface area contributed by atoms with Crippen molar-refractivity contribution in [1.82, 2.24) is 9.78 Å². The molecule has 0 saturated carbocycles. The van der Waals surface area contributed by atoms with Crippen LogP contribution < -0.4 is 0 Å². The summed E-state index contributed by atoms with van der Waals surface area (Å²) in [5.74, 6) is 2.56. The minimum atomic E-state index is 0.0906. The lowest BCUT2D eigenvalue weighted by atomic mass is 10.1. The van der Waals surface area contributed by atoms with E-state index in [4.69, 9.17) is 6.42 Å². The molecule has 0 radical (unpaired) electrons. The molecular weight excluding hydrogens is 176 g/mol. The van der Waals surface area contributed by atoms with Crippen molar-refractivity contribution < 1.29 is 4.79 Å². The van der Waals surface area contributed by atoms with Crippen LogP contribution in [0.15, 0.2) is 6.20 Å².